The molecular weight excluding hydrogens is 790 g/mol. The number of hydrogen-bond donors (Lipinski definition) is 0. The summed E-state index contributed by atoms with van der Waals surface area (Å²) in [5.41, 5.74) is 0. The Labute approximate surface area is 229 Å². The normalized spacial score (nSPS) is 11.3. The van der Waals surface area contributed by atoms with Gasteiger partial charge in [-0.15, -0.1) is 0 Å². The van der Waals surface area contributed by atoms with E-state index in [1.165, 1.54) is 0 Å². The molecule has 35 heavy (non-hydrogen) atoms. The molecule has 0 saturated heterocycles. The predicted octanol–water partition coefficient (Wildman–Crippen LogP) is -10.5. The van der Waals surface area contributed by atoms with Crippen molar-refractivity contribution in [2.24, 2.45) is 0 Å². The molecule has 0 aliphatic carbocycles. The van der Waals surface area contributed by atoms with Gasteiger partial charge in [0.2, 0.25) is 0 Å². The molecule has 0 saturated carbocycles. The fourth-order valence-electron chi connectivity index (χ4n) is 0.367. The Hall–Kier alpha value is 2.32. The van der Waals surface area contributed by atoms with Crippen LogP contribution in [0.3, 0.4) is 0 Å². The third-order valence-electron chi connectivity index (χ3n) is 0.600. The minimum atomic E-state index is -5.68. The van der Waals surface area contributed by atoms with Crippen LogP contribution >= 0.6 is 46.9 Å². The van der Waals surface area contributed by atoms with E-state index in [-0.39, 0.29) is 0 Å². The molecule has 35 heteroatoms. The Bertz CT molecular complexity index is 613. The monoisotopic (exact) mass is 789 g/mol. The van der Waals surface area contributed by atoms with E-state index >= 15 is 0 Å². The van der Waals surface area contributed by atoms with E-state index in [2.05, 4.69) is 12.9 Å². The van der Waals surface area contributed by atoms with Crippen molar-refractivity contribution in [3.8, 4) is 0 Å². The van der Waals surface area contributed by atoms with Gasteiger partial charge in [0.15, 0.2) is 0 Å². The van der Waals surface area contributed by atoms with Crippen LogP contribution in [0.25, 0.3) is 0 Å². The summed E-state index contributed by atoms with van der Waals surface area (Å²) in [5, 5.41) is 0. The zero-order valence-electron chi connectivity index (χ0n) is 14.7. The van der Waals surface area contributed by atoms with Crippen LogP contribution < -0.4 is 58.7 Å². The SMILES string of the molecule is O=P([O-])([O-])OP(=O)([O-])[O-].O=P([O-])([O-])OP(=O)([O-])[O-].O=P([O-])([O-])OP(=O)([O-])[O-].[O]=[V+3].[O]=[V+3].[O]=[V+3].[O]=[V+3]. The molecule has 0 aromatic rings. The molecule has 25 nitrogen and oxygen atoms in total. The molecule has 0 N–H and O–H groups in total. The summed E-state index contributed by atoms with van der Waals surface area (Å²) >= 11 is 4.25. The summed E-state index contributed by atoms with van der Waals surface area (Å²) < 4.78 is 96.2. The first kappa shape index (κ1) is 53.5. The van der Waals surface area contributed by atoms with Gasteiger partial charge in [-0.2, -0.15) is 0 Å². The van der Waals surface area contributed by atoms with Crippen LogP contribution in [-0.2, 0) is 124 Å². The Morgan fingerprint density at radius 1 is 0.286 bits per heavy atom. The molecule has 0 spiro atoms. The van der Waals surface area contributed by atoms with E-state index in [0.717, 1.165) is 69.5 Å². The van der Waals surface area contributed by atoms with Crippen molar-refractivity contribution in [1.82, 2.24) is 0 Å². The van der Waals surface area contributed by atoms with Crippen LogP contribution in [0.1, 0.15) is 0 Å². The Balaban J connectivity index is -0.0000000585. The van der Waals surface area contributed by atoms with Gasteiger partial charge in [-0.05, 0) is 0 Å². The van der Waals surface area contributed by atoms with E-state index in [9.17, 15) is 86.1 Å². The first-order valence-electron chi connectivity index (χ1n) is 5.11. The standard InChI is InChI=1S/3H4O7P2.4O.4V/c3*1-8(2,3)7-9(4,5)6;;;;;;;;/h3*(H2,1,2,3)(H2,4,5,6);;;;;;;;/q;;;;;;;4*+3/p-12. The Morgan fingerprint density at radius 2 is 0.343 bits per heavy atom. The zero-order chi connectivity index (χ0) is 31.1. The van der Waals surface area contributed by atoms with Crippen molar-refractivity contribution in [1.29, 1.82) is 0 Å². The van der Waals surface area contributed by atoms with E-state index < -0.39 is 46.9 Å². The second-order valence-electron chi connectivity index (χ2n) is 2.93. The third-order valence-corrected chi connectivity index (χ3v) is 5.40. The quantitative estimate of drug-likeness (QED) is 0.225. The summed E-state index contributed by atoms with van der Waals surface area (Å²) in [6.07, 6.45) is 0. The average Bonchev–Trinajstić information content (AvgIpc) is 2.53. The van der Waals surface area contributed by atoms with Gasteiger partial charge in [0.05, 0.1) is 46.9 Å². The summed E-state index contributed by atoms with van der Waals surface area (Å²) in [6, 6.07) is 0. The van der Waals surface area contributed by atoms with Gasteiger partial charge in [-0.1, -0.05) is 0 Å². The molecular formula is O25P6V4. The molecule has 0 unspecified atom stereocenters. The maximum atomic E-state index is 9.32. The summed E-state index contributed by atoms with van der Waals surface area (Å²) in [7, 11) is -34.1. The van der Waals surface area contributed by atoms with Crippen LogP contribution in [0.2, 0.25) is 0 Å². The van der Waals surface area contributed by atoms with E-state index in [0.29, 0.717) is 0 Å². The van der Waals surface area contributed by atoms with Crippen LogP contribution in [0.15, 0.2) is 0 Å². The third kappa shape index (κ3) is 104. The molecule has 0 radical (unpaired) electrons. The number of phosphoric acid groups is 6. The van der Waals surface area contributed by atoms with Crippen molar-refractivity contribution in [2.75, 3.05) is 0 Å². The van der Waals surface area contributed by atoms with Gasteiger partial charge in [0.1, 0.15) is 0 Å². The average molecular weight is 790 g/mol. The molecule has 0 aromatic carbocycles. The molecule has 0 aliphatic heterocycles. The van der Waals surface area contributed by atoms with Gasteiger partial charge in [0.25, 0.3) is 0 Å². The topological polar surface area (TPSA) is 475 Å². The first-order chi connectivity index (χ1) is 15.1. The zero-order valence-corrected chi connectivity index (χ0v) is 25.6. The van der Waals surface area contributed by atoms with Crippen molar-refractivity contribution in [3.63, 3.8) is 0 Å². The molecule has 0 rings (SSSR count). The van der Waals surface area contributed by atoms with E-state index in [1.807, 2.05) is 0 Å². The Kier molecular flexibility index (Phi) is 40.6. The van der Waals surface area contributed by atoms with Gasteiger partial charge >= 0.3 is 84.2 Å². The van der Waals surface area contributed by atoms with Crippen molar-refractivity contribution >= 4 is 46.9 Å². The van der Waals surface area contributed by atoms with Crippen LogP contribution in [0.4, 0.5) is 0 Å². The van der Waals surface area contributed by atoms with Crippen LogP contribution in [0, 0.1) is 0 Å². The fraction of sp³-hybridized carbons (Fsp3) is 0. The molecule has 200 valence electrons. The van der Waals surface area contributed by atoms with Gasteiger partial charge < -0.3 is 99.0 Å². The van der Waals surface area contributed by atoms with Crippen molar-refractivity contribution in [2.45, 2.75) is 0 Å². The maximum absolute atomic E-state index is 9.32. The predicted molar refractivity (Wildman–Crippen MR) is 51.6 cm³/mol. The molecule has 0 heterocycles. The Morgan fingerprint density at radius 3 is 0.343 bits per heavy atom. The fourth-order valence-corrected chi connectivity index (χ4v) is 3.31. The number of rotatable bonds is 6. The molecule has 0 aliphatic rings. The van der Waals surface area contributed by atoms with E-state index in [4.69, 9.17) is 14.7 Å². The van der Waals surface area contributed by atoms with Gasteiger partial charge in [0, 0.05) is 0 Å². The summed E-state index contributed by atoms with van der Waals surface area (Å²) in [5.74, 6) is 0. The van der Waals surface area contributed by atoms with Crippen molar-refractivity contribution in [3.05, 3.63) is 0 Å². The van der Waals surface area contributed by atoms with E-state index in [1.54, 1.807) is 0 Å². The molecule has 0 fully saturated rings. The van der Waals surface area contributed by atoms with Gasteiger partial charge in [-0.25, -0.2) is 0 Å². The minimum absolute atomic E-state index is 1.06. The van der Waals surface area contributed by atoms with Crippen molar-refractivity contribution < 1.29 is 183 Å². The summed E-state index contributed by atoms with van der Waals surface area (Å²) in [4.78, 5) is 112. The molecule has 0 aromatic heterocycles. The van der Waals surface area contributed by atoms with Crippen LogP contribution in [-0.4, -0.2) is 0 Å². The molecule has 0 bridgehead atoms. The number of hydrogen-bond acceptors (Lipinski definition) is 25. The second-order valence-corrected chi connectivity index (χ2v) is 10.3. The van der Waals surface area contributed by atoms with Crippen LogP contribution in [0.5, 0.6) is 0 Å². The van der Waals surface area contributed by atoms with Gasteiger partial charge in [-0.3, -0.25) is 0 Å². The molecule has 0 amide bonds. The molecule has 0 atom stereocenters. The summed E-state index contributed by atoms with van der Waals surface area (Å²) in [6.45, 7) is 0. The first-order valence-corrected chi connectivity index (χ1v) is 16.2. The second kappa shape index (κ2) is 26.5.